The topological polar surface area (TPSA) is 38.5 Å². The molecule has 0 bridgehead atoms. The first-order chi connectivity index (χ1) is 8.32. The molecule has 1 atom stereocenters. The highest BCUT2D eigenvalue weighted by Gasteiger charge is 2.43. The number of nitrogens with two attached hydrogens (primary N) is 1. The van der Waals surface area contributed by atoms with Crippen LogP contribution in [-0.4, -0.2) is 42.8 Å². The normalized spacial score (nSPS) is 30.5. The minimum absolute atomic E-state index is 0.243. The summed E-state index contributed by atoms with van der Waals surface area (Å²) in [7, 11) is 0. The third kappa shape index (κ3) is 3.21. The minimum Gasteiger partial charge on any atom is -0.381 e. The van der Waals surface area contributed by atoms with Crippen LogP contribution in [0.1, 0.15) is 51.9 Å². The molecule has 3 nitrogen and oxygen atoms in total. The van der Waals surface area contributed by atoms with Gasteiger partial charge in [-0.25, -0.2) is 0 Å². The molecule has 1 aliphatic heterocycles. The van der Waals surface area contributed by atoms with E-state index in [1.165, 1.54) is 45.1 Å². The Bertz CT molecular complexity index is 220. The lowest BCUT2D eigenvalue weighted by Gasteiger charge is -2.43. The molecule has 3 heteroatoms. The largest absolute Gasteiger partial charge is 0.381 e. The Balaban J connectivity index is 2.04. The summed E-state index contributed by atoms with van der Waals surface area (Å²) in [5.74, 6) is 0. The second-order valence-electron chi connectivity index (χ2n) is 5.67. The van der Waals surface area contributed by atoms with Gasteiger partial charge in [-0.15, -0.1) is 0 Å². The molecule has 0 aromatic carbocycles. The Kier molecular flexibility index (Phi) is 4.83. The monoisotopic (exact) mass is 240 g/mol. The predicted octanol–water partition coefficient (Wildman–Crippen LogP) is 2.15. The second-order valence-corrected chi connectivity index (χ2v) is 5.67. The van der Waals surface area contributed by atoms with Gasteiger partial charge in [0.25, 0.3) is 0 Å². The summed E-state index contributed by atoms with van der Waals surface area (Å²) >= 11 is 0. The van der Waals surface area contributed by atoms with E-state index in [1.54, 1.807) is 0 Å². The number of hydrogen-bond acceptors (Lipinski definition) is 3. The third-order valence-electron chi connectivity index (χ3n) is 4.37. The number of hydrogen-bond donors (Lipinski definition) is 1. The lowest BCUT2D eigenvalue weighted by atomic mass is 9.88. The summed E-state index contributed by atoms with van der Waals surface area (Å²) in [5, 5.41) is 0. The van der Waals surface area contributed by atoms with Crippen molar-refractivity contribution in [1.29, 1.82) is 0 Å². The van der Waals surface area contributed by atoms with Gasteiger partial charge in [0.2, 0.25) is 0 Å². The molecule has 0 radical (unpaired) electrons. The van der Waals surface area contributed by atoms with Crippen LogP contribution in [-0.2, 0) is 4.74 Å². The van der Waals surface area contributed by atoms with Gasteiger partial charge >= 0.3 is 0 Å². The quantitative estimate of drug-likeness (QED) is 0.773. The molecule has 0 aromatic rings. The average Bonchev–Trinajstić information content (AvgIpc) is 3.16. The smallest absolute Gasteiger partial charge is 0.0484 e. The molecule has 2 aliphatic rings. The Labute approximate surface area is 106 Å². The fourth-order valence-electron chi connectivity index (χ4n) is 3.12. The zero-order valence-electron chi connectivity index (χ0n) is 11.3. The van der Waals surface area contributed by atoms with Crippen LogP contribution in [0.15, 0.2) is 0 Å². The zero-order chi connectivity index (χ0) is 12.1. The van der Waals surface area contributed by atoms with Crippen molar-refractivity contribution in [3.05, 3.63) is 0 Å². The van der Waals surface area contributed by atoms with Crippen molar-refractivity contribution in [1.82, 2.24) is 4.90 Å². The molecule has 0 aromatic heterocycles. The minimum atomic E-state index is 0.243. The molecule has 1 aliphatic carbocycles. The molecule has 1 heterocycles. The molecule has 2 N–H and O–H groups in total. The van der Waals surface area contributed by atoms with E-state index in [9.17, 15) is 0 Å². The van der Waals surface area contributed by atoms with E-state index in [-0.39, 0.29) is 5.54 Å². The molecule has 17 heavy (non-hydrogen) atoms. The fraction of sp³-hybridized carbons (Fsp3) is 1.00. The van der Waals surface area contributed by atoms with Crippen LogP contribution < -0.4 is 5.73 Å². The Hall–Kier alpha value is -0.120. The van der Waals surface area contributed by atoms with Gasteiger partial charge in [-0.1, -0.05) is 13.3 Å². The van der Waals surface area contributed by atoms with Crippen LogP contribution in [0.25, 0.3) is 0 Å². The van der Waals surface area contributed by atoms with Crippen molar-refractivity contribution in [2.45, 2.75) is 63.5 Å². The molecular formula is C14H28N2O. The molecule has 1 saturated heterocycles. The van der Waals surface area contributed by atoms with E-state index < -0.39 is 0 Å². The number of ether oxygens (including phenoxy) is 1. The van der Waals surface area contributed by atoms with Crippen LogP contribution >= 0.6 is 0 Å². The molecular weight excluding hydrogens is 212 g/mol. The van der Waals surface area contributed by atoms with E-state index in [2.05, 4.69) is 11.8 Å². The maximum Gasteiger partial charge on any atom is 0.0484 e. The average molecular weight is 240 g/mol. The number of unbranched alkanes of at least 4 members (excludes halogenated alkanes) is 1. The first-order valence-electron chi connectivity index (χ1n) is 7.37. The van der Waals surface area contributed by atoms with Crippen LogP contribution in [0.3, 0.4) is 0 Å². The van der Waals surface area contributed by atoms with Crippen LogP contribution in [0.4, 0.5) is 0 Å². The maximum atomic E-state index is 6.15. The van der Waals surface area contributed by atoms with Gasteiger partial charge in [0.05, 0.1) is 0 Å². The lowest BCUT2D eigenvalue weighted by Crippen LogP contribution is -2.55. The summed E-state index contributed by atoms with van der Waals surface area (Å²) in [6, 6.07) is 0.822. The molecule has 2 rings (SSSR count). The Morgan fingerprint density at radius 2 is 2.12 bits per heavy atom. The van der Waals surface area contributed by atoms with E-state index in [0.717, 1.165) is 32.2 Å². The van der Waals surface area contributed by atoms with Crippen LogP contribution in [0.2, 0.25) is 0 Å². The summed E-state index contributed by atoms with van der Waals surface area (Å²) in [5.41, 5.74) is 6.39. The van der Waals surface area contributed by atoms with Crippen molar-refractivity contribution < 1.29 is 4.74 Å². The summed E-state index contributed by atoms with van der Waals surface area (Å²) in [6.45, 7) is 6.13. The summed E-state index contributed by atoms with van der Waals surface area (Å²) < 4.78 is 5.62. The SMILES string of the molecule is CCCCN(C1CC1)C1(CN)CCCOCC1. The molecule has 100 valence electrons. The molecule has 0 amide bonds. The van der Waals surface area contributed by atoms with E-state index >= 15 is 0 Å². The highest BCUT2D eigenvalue weighted by atomic mass is 16.5. The first-order valence-corrected chi connectivity index (χ1v) is 7.37. The van der Waals surface area contributed by atoms with E-state index in [1.807, 2.05) is 0 Å². The standard InChI is InChI=1S/C14H28N2O/c1-2-3-9-16(13-5-6-13)14(12-15)7-4-10-17-11-8-14/h13H,2-12,15H2,1H3. The van der Waals surface area contributed by atoms with Gasteiger partial charge in [0, 0.05) is 31.3 Å². The Morgan fingerprint density at radius 1 is 1.29 bits per heavy atom. The number of nitrogens with zero attached hydrogens (tertiary/aromatic N) is 1. The molecule has 1 saturated carbocycles. The van der Waals surface area contributed by atoms with Crippen LogP contribution in [0, 0.1) is 0 Å². The van der Waals surface area contributed by atoms with Crippen molar-refractivity contribution in [2.75, 3.05) is 26.3 Å². The van der Waals surface area contributed by atoms with Gasteiger partial charge in [-0.05, 0) is 45.1 Å². The Morgan fingerprint density at radius 3 is 2.76 bits per heavy atom. The van der Waals surface area contributed by atoms with E-state index in [0.29, 0.717) is 0 Å². The highest BCUT2D eigenvalue weighted by molar-refractivity contribution is 4.99. The van der Waals surface area contributed by atoms with Crippen molar-refractivity contribution in [2.24, 2.45) is 5.73 Å². The van der Waals surface area contributed by atoms with Crippen molar-refractivity contribution >= 4 is 0 Å². The van der Waals surface area contributed by atoms with Crippen molar-refractivity contribution in [3.63, 3.8) is 0 Å². The third-order valence-corrected chi connectivity index (χ3v) is 4.37. The maximum absolute atomic E-state index is 6.15. The number of rotatable bonds is 6. The zero-order valence-corrected chi connectivity index (χ0v) is 11.3. The molecule has 1 unspecified atom stereocenters. The first kappa shape index (κ1) is 13.3. The van der Waals surface area contributed by atoms with Gasteiger partial charge < -0.3 is 10.5 Å². The molecule has 0 spiro atoms. The van der Waals surface area contributed by atoms with Gasteiger partial charge in [0.15, 0.2) is 0 Å². The van der Waals surface area contributed by atoms with Crippen molar-refractivity contribution in [3.8, 4) is 0 Å². The summed E-state index contributed by atoms with van der Waals surface area (Å²) in [6.07, 6.45) is 8.87. The predicted molar refractivity (Wildman–Crippen MR) is 71.1 cm³/mol. The fourth-order valence-corrected chi connectivity index (χ4v) is 3.12. The van der Waals surface area contributed by atoms with Crippen LogP contribution in [0.5, 0.6) is 0 Å². The summed E-state index contributed by atoms with van der Waals surface area (Å²) in [4.78, 5) is 2.74. The lowest BCUT2D eigenvalue weighted by molar-refractivity contribution is 0.0583. The van der Waals surface area contributed by atoms with Gasteiger partial charge in [-0.2, -0.15) is 0 Å². The van der Waals surface area contributed by atoms with E-state index in [4.69, 9.17) is 10.5 Å². The highest BCUT2D eigenvalue weighted by Crippen LogP contribution is 2.37. The molecule has 2 fully saturated rings. The van der Waals surface area contributed by atoms with Gasteiger partial charge in [0.1, 0.15) is 0 Å². The van der Waals surface area contributed by atoms with Gasteiger partial charge in [-0.3, -0.25) is 4.90 Å². The second kappa shape index (κ2) is 6.17.